The summed E-state index contributed by atoms with van der Waals surface area (Å²) in [4.78, 5) is 18.0. The first-order valence-electron chi connectivity index (χ1n) is 14.4. The number of carbonyl (C=O) groups excluding carboxylic acids is 1. The molecule has 1 saturated heterocycles. The maximum Gasteiger partial charge on any atom is 0.267 e. The number of hydrogen-bond acceptors (Lipinski definition) is 8. The Morgan fingerprint density at radius 3 is 2.37 bits per heavy atom. The molecule has 0 unspecified atom stereocenters. The first-order chi connectivity index (χ1) is 21.9. The highest BCUT2D eigenvalue weighted by Crippen LogP contribution is 2.39. The van der Waals surface area contributed by atoms with E-state index in [1.165, 1.54) is 18.2 Å². The highest BCUT2D eigenvalue weighted by molar-refractivity contribution is 5.91. The number of hydrogen-bond donors (Lipinski definition) is 3. The molecule has 0 radical (unpaired) electrons. The molecule has 11 heteroatoms. The molecular weight excluding hydrogens is 607 g/mol. The van der Waals surface area contributed by atoms with Crippen molar-refractivity contribution < 1.29 is 19.1 Å². The molecule has 5 rings (SSSR count). The molecule has 0 bridgehead atoms. The SMILES string of the molecule is COc1ccc(-c2cnc(N3CCC(NCc4ccc(/C=C/C(=O)NO)cc4)CC3)c(C#N)c2-c2ccc(C#N)c(F)c2)cc1.Cl. The Bertz CT molecular complexity index is 1790. The number of nitrogens with one attached hydrogen (secondary N) is 2. The Morgan fingerprint density at radius 2 is 1.76 bits per heavy atom. The summed E-state index contributed by atoms with van der Waals surface area (Å²) in [6, 6.07) is 24.0. The quantitative estimate of drug-likeness (QED) is 0.115. The fourth-order valence-corrected chi connectivity index (χ4v) is 5.41. The van der Waals surface area contributed by atoms with Crippen LogP contribution in [0.25, 0.3) is 28.3 Å². The first-order valence-corrected chi connectivity index (χ1v) is 14.4. The summed E-state index contributed by atoms with van der Waals surface area (Å²) < 4.78 is 20.1. The van der Waals surface area contributed by atoms with Crippen LogP contribution in [0.15, 0.2) is 79.0 Å². The molecule has 1 aliphatic rings. The van der Waals surface area contributed by atoms with Crippen LogP contribution in [-0.4, -0.2) is 42.3 Å². The zero-order valence-electron chi connectivity index (χ0n) is 25.0. The molecule has 1 aliphatic heterocycles. The van der Waals surface area contributed by atoms with Gasteiger partial charge < -0.3 is 15.0 Å². The van der Waals surface area contributed by atoms with Crippen molar-refractivity contribution in [1.29, 1.82) is 10.5 Å². The molecule has 1 aromatic heterocycles. The smallest absolute Gasteiger partial charge is 0.267 e. The minimum absolute atomic E-state index is 0. The summed E-state index contributed by atoms with van der Waals surface area (Å²) in [5.74, 6) is -0.00147. The molecule has 46 heavy (non-hydrogen) atoms. The zero-order valence-corrected chi connectivity index (χ0v) is 25.9. The zero-order chi connectivity index (χ0) is 31.8. The summed E-state index contributed by atoms with van der Waals surface area (Å²) in [7, 11) is 1.59. The third-order valence-corrected chi connectivity index (χ3v) is 7.86. The van der Waals surface area contributed by atoms with Crippen LogP contribution in [0.3, 0.4) is 0 Å². The van der Waals surface area contributed by atoms with Gasteiger partial charge in [-0.05, 0) is 65.4 Å². The van der Waals surface area contributed by atoms with Crippen LogP contribution in [0.1, 0.15) is 35.1 Å². The number of anilines is 1. The van der Waals surface area contributed by atoms with Crippen LogP contribution in [0.5, 0.6) is 5.75 Å². The van der Waals surface area contributed by atoms with E-state index in [2.05, 4.69) is 16.3 Å². The van der Waals surface area contributed by atoms with Gasteiger partial charge in [-0.1, -0.05) is 42.5 Å². The average Bonchev–Trinajstić information content (AvgIpc) is 3.09. The summed E-state index contributed by atoms with van der Waals surface area (Å²) in [5.41, 5.74) is 6.33. The minimum Gasteiger partial charge on any atom is -0.497 e. The summed E-state index contributed by atoms with van der Waals surface area (Å²) in [6.07, 6.45) is 6.28. The van der Waals surface area contributed by atoms with Crippen molar-refractivity contribution in [2.24, 2.45) is 0 Å². The molecule has 1 fully saturated rings. The number of methoxy groups -OCH3 is 1. The molecule has 3 aromatic carbocycles. The van der Waals surface area contributed by atoms with E-state index in [0.29, 0.717) is 53.5 Å². The molecule has 3 N–H and O–H groups in total. The van der Waals surface area contributed by atoms with Crippen molar-refractivity contribution in [1.82, 2.24) is 15.8 Å². The normalized spacial score (nSPS) is 13.0. The van der Waals surface area contributed by atoms with E-state index in [4.69, 9.17) is 14.9 Å². The number of hydroxylamine groups is 1. The van der Waals surface area contributed by atoms with Crippen molar-refractivity contribution in [3.63, 3.8) is 0 Å². The average molecular weight is 639 g/mol. The van der Waals surface area contributed by atoms with Gasteiger partial charge >= 0.3 is 0 Å². The molecule has 0 saturated carbocycles. The molecule has 2 heterocycles. The number of rotatable bonds is 9. The van der Waals surface area contributed by atoms with E-state index in [-0.39, 0.29) is 24.0 Å². The molecule has 9 nitrogen and oxygen atoms in total. The number of nitriles is 2. The Morgan fingerprint density at radius 1 is 1.07 bits per heavy atom. The lowest BCUT2D eigenvalue weighted by molar-refractivity contribution is -0.124. The van der Waals surface area contributed by atoms with E-state index >= 15 is 0 Å². The fourth-order valence-electron chi connectivity index (χ4n) is 5.41. The first kappa shape index (κ1) is 33.6. The predicted octanol–water partition coefficient (Wildman–Crippen LogP) is 6.01. The number of amides is 1. The lowest BCUT2D eigenvalue weighted by Crippen LogP contribution is -2.42. The highest BCUT2D eigenvalue weighted by atomic mass is 35.5. The van der Waals surface area contributed by atoms with Gasteiger partial charge in [0.2, 0.25) is 0 Å². The molecule has 4 aromatic rings. The largest absolute Gasteiger partial charge is 0.497 e. The number of ether oxygens (including phenoxy) is 1. The second kappa shape index (κ2) is 15.6. The van der Waals surface area contributed by atoms with Gasteiger partial charge in [-0.2, -0.15) is 10.5 Å². The van der Waals surface area contributed by atoms with E-state index in [1.54, 1.807) is 30.9 Å². The van der Waals surface area contributed by atoms with Crippen molar-refractivity contribution in [2.45, 2.75) is 25.4 Å². The molecule has 234 valence electrons. The van der Waals surface area contributed by atoms with Gasteiger partial charge in [-0.25, -0.2) is 14.9 Å². The summed E-state index contributed by atoms with van der Waals surface area (Å²) in [5, 5.41) is 31.9. The van der Waals surface area contributed by atoms with Crippen LogP contribution in [0.4, 0.5) is 10.2 Å². The van der Waals surface area contributed by atoms with Gasteiger partial charge in [-0.3, -0.25) is 10.0 Å². The van der Waals surface area contributed by atoms with Crippen LogP contribution in [-0.2, 0) is 11.3 Å². The number of aromatic nitrogens is 1. The Hall–Kier alpha value is -5.26. The van der Waals surface area contributed by atoms with Gasteiger partial charge in [0.1, 0.15) is 35.1 Å². The van der Waals surface area contributed by atoms with Gasteiger partial charge in [-0.15, -0.1) is 12.4 Å². The number of halogens is 2. The minimum atomic E-state index is -0.648. The standard InChI is InChI=1S/C35H31FN6O3.ClH/c1-45-29-11-9-25(10-12-29)31-22-40-35(30(20-38)34(31)26-7-8-27(19-37)32(36)18-26)42-16-14-28(15-17-42)39-21-24-4-2-23(3-5-24)6-13-33(43)41-44;/h2-13,18,22,28,39,44H,14-17,21H2,1H3,(H,41,43);1H/b13-6+;. The second-order valence-corrected chi connectivity index (χ2v) is 10.6. The Balaban J connectivity index is 0.00000480. The van der Waals surface area contributed by atoms with Gasteiger partial charge in [0.05, 0.1) is 12.7 Å². The third kappa shape index (κ3) is 7.68. The number of benzene rings is 3. The maximum absolute atomic E-state index is 14.8. The number of nitrogens with zero attached hydrogens (tertiary/aromatic N) is 4. The maximum atomic E-state index is 14.8. The fraction of sp³-hybridized carbons (Fsp3) is 0.200. The van der Waals surface area contributed by atoms with E-state index in [9.17, 15) is 19.7 Å². The van der Waals surface area contributed by atoms with Crippen molar-refractivity contribution >= 4 is 30.2 Å². The predicted molar refractivity (Wildman–Crippen MR) is 176 cm³/mol. The van der Waals surface area contributed by atoms with Gasteiger partial charge in [0, 0.05) is 49.1 Å². The Labute approximate surface area is 272 Å². The molecular formula is C35H32ClFN6O3. The van der Waals surface area contributed by atoms with Crippen LogP contribution in [0.2, 0.25) is 0 Å². The number of carbonyl (C=O) groups is 1. The Kier molecular flexibility index (Phi) is 11.4. The molecule has 1 amide bonds. The lowest BCUT2D eigenvalue weighted by Gasteiger charge is -2.34. The lowest BCUT2D eigenvalue weighted by atomic mass is 9.91. The molecule has 0 spiro atoms. The van der Waals surface area contributed by atoms with Crippen LogP contribution >= 0.6 is 12.4 Å². The summed E-state index contributed by atoms with van der Waals surface area (Å²) in [6.45, 7) is 2.04. The van der Waals surface area contributed by atoms with Crippen molar-refractivity contribution in [3.8, 4) is 40.1 Å². The van der Waals surface area contributed by atoms with Crippen molar-refractivity contribution in [2.75, 3.05) is 25.1 Å². The molecule has 0 aliphatic carbocycles. The van der Waals surface area contributed by atoms with Crippen LogP contribution < -0.4 is 20.4 Å². The van der Waals surface area contributed by atoms with E-state index in [0.717, 1.165) is 29.5 Å². The topological polar surface area (TPSA) is 134 Å². The monoisotopic (exact) mass is 638 g/mol. The van der Waals surface area contributed by atoms with Crippen molar-refractivity contribution in [3.05, 3.63) is 107 Å². The van der Waals surface area contributed by atoms with E-state index < -0.39 is 11.7 Å². The highest BCUT2D eigenvalue weighted by Gasteiger charge is 2.26. The number of piperidine rings is 1. The van der Waals surface area contributed by atoms with E-state index in [1.807, 2.05) is 54.6 Å². The second-order valence-electron chi connectivity index (χ2n) is 10.6. The third-order valence-electron chi connectivity index (χ3n) is 7.86. The number of pyridine rings is 1. The van der Waals surface area contributed by atoms with Gasteiger partial charge in [0.15, 0.2) is 0 Å². The van der Waals surface area contributed by atoms with Gasteiger partial charge in [0.25, 0.3) is 5.91 Å². The molecule has 0 atom stereocenters. The van der Waals surface area contributed by atoms with Crippen LogP contribution in [0, 0.1) is 28.5 Å². The summed E-state index contributed by atoms with van der Waals surface area (Å²) >= 11 is 0.